The Kier molecular flexibility index (Phi) is 4.73. The SMILES string of the molecule is O=C(/C=C/c1ccc([N+](=O)[O-])o1)OCc1ccc(Cl)cc1. The maximum absolute atomic E-state index is 11.5. The van der Waals surface area contributed by atoms with Crippen LogP contribution in [-0.4, -0.2) is 10.9 Å². The third-order valence-corrected chi connectivity index (χ3v) is 2.72. The van der Waals surface area contributed by atoms with Gasteiger partial charge in [-0.3, -0.25) is 10.1 Å². The second-order valence-electron chi connectivity index (χ2n) is 4.00. The Labute approximate surface area is 124 Å². The number of carbonyl (C=O) groups is 1. The number of nitro groups is 1. The van der Waals surface area contributed by atoms with Crippen LogP contribution in [0, 0.1) is 10.1 Å². The van der Waals surface area contributed by atoms with Crippen LogP contribution in [-0.2, 0) is 16.1 Å². The first-order chi connectivity index (χ1) is 10.0. The van der Waals surface area contributed by atoms with Crippen molar-refractivity contribution in [2.24, 2.45) is 0 Å². The van der Waals surface area contributed by atoms with Gasteiger partial charge in [0.1, 0.15) is 17.3 Å². The zero-order valence-electron chi connectivity index (χ0n) is 10.7. The van der Waals surface area contributed by atoms with Crippen LogP contribution >= 0.6 is 11.6 Å². The predicted octanol–water partition coefficient (Wildman–Crippen LogP) is 3.60. The standard InChI is InChI=1S/C14H10ClNO5/c15-11-3-1-10(2-4-11)9-20-14(17)8-6-12-5-7-13(21-12)16(18)19/h1-8H,9H2/b8-6+. The van der Waals surface area contributed by atoms with Crippen molar-refractivity contribution in [1.82, 2.24) is 0 Å². The van der Waals surface area contributed by atoms with Crippen molar-refractivity contribution in [2.75, 3.05) is 0 Å². The average molecular weight is 308 g/mol. The first kappa shape index (κ1) is 14.8. The summed E-state index contributed by atoms with van der Waals surface area (Å²) in [5.74, 6) is -0.765. The predicted molar refractivity (Wildman–Crippen MR) is 75.6 cm³/mol. The quantitative estimate of drug-likeness (QED) is 0.365. The minimum Gasteiger partial charge on any atom is -0.458 e. The van der Waals surface area contributed by atoms with Crippen LogP contribution in [0.2, 0.25) is 5.02 Å². The van der Waals surface area contributed by atoms with Gasteiger partial charge in [-0.05, 0) is 29.8 Å². The third kappa shape index (κ3) is 4.47. The van der Waals surface area contributed by atoms with Gasteiger partial charge in [-0.2, -0.15) is 0 Å². The molecule has 0 bridgehead atoms. The van der Waals surface area contributed by atoms with Gasteiger partial charge < -0.3 is 9.15 Å². The highest BCUT2D eigenvalue weighted by Gasteiger charge is 2.10. The summed E-state index contributed by atoms with van der Waals surface area (Å²) >= 11 is 5.74. The van der Waals surface area contributed by atoms with Crippen molar-refractivity contribution < 1.29 is 18.9 Å². The van der Waals surface area contributed by atoms with Gasteiger partial charge in [-0.25, -0.2) is 4.79 Å². The third-order valence-electron chi connectivity index (χ3n) is 2.47. The fraction of sp³-hybridized carbons (Fsp3) is 0.0714. The minimum absolute atomic E-state index is 0.110. The molecule has 108 valence electrons. The van der Waals surface area contributed by atoms with Crippen LogP contribution in [0.25, 0.3) is 6.08 Å². The summed E-state index contributed by atoms with van der Waals surface area (Å²) in [6, 6.07) is 9.48. The Morgan fingerprint density at radius 2 is 2.00 bits per heavy atom. The molecule has 1 aromatic heterocycles. The number of halogens is 1. The van der Waals surface area contributed by atoms with Crippen molar-refractivity contribution >= 4 is 29.5 Å². The number of carbonyl (C=O) groups excluding carboxylic acids is 1. The average Bonchev–Trinajstić information content (AvgIpc) is 2.93. The molecule has 0 aliphatic carbocycles. The lowest BCUT2D eigenvalue weighted by Crippen LogP contribution is -2.00. The lowest BCUT2D eigenvalue weighted by Gasteiger charge is -2.01. The molecule has 1 heterocycles. The highest BCUT2D eigenvalue weighted by Crippen LogP contribution is 2.16. The van der Waals surface area contributed by atoms with E-state index in [1.165, 1.54) is 18.2 Å². The molecule has 0 atom stereocenters. The van der Waals surface area contributed by atoms with Crippen LogP contribution in [0.4, 0.5) is 5.88 Å². The summed E-state index contributed by atoms with van der Waals surface area (Å²) in [5.41, 5.74) is 0.801. The number of hydrogen-bond donors (Lipinski definition) is 0. The van der Waals surface area contributed by atoms with Gasteiger partial charge in [0.2, 0.25) is 0 Å². The maximum Gasteiger partial charge on any atom is 0.433 e. The molecule has 2 aromatic rings. The number of nitrogens with zero attached hydrogens (tertiary/aromatic N) is 1. The summed E-state index contributed by atoms with van der Waals surface area (Å²) in [4.78, 5) is 21.3. The van der Waals surface area contributed by atoms with Crippen LogP contribution in [0.5, 0.6) is 0 Å². The molecule has 6 nitrogen and oxygen atoms in total. The van der Waals surface area contributed by atoms with E-state index in [0.717, 1.165) is 11.6 Å². The Bertz CT molecular complexity index is 675. The van der Waals surface area contributed by atoms with Gasteiger partial charge in [-0.15, -0.1) is 0 Å². The van der Waals surface area contributed by atoms with Crippen LogP contribution in [0.3, 0.4) is 0 Å². The Morgan fingerprint density at radius 1 is 1.29 bits per heavy atom. The number of esters is 1. The summed E-state index contributed by atoms with van der Waals surface area (Å²) in [5, 5.41) is 11.0. The van der Waals surface area contributed by atoms with E-state index in [1.807, 2.05) is 0 Å². The number of ether oxygens (including phenoxy) is 1. The van der Waals surface area contributed by atoms with Crippen molar-refractivity contribution in [2.45, 2.75) is 6.61 Å². The van der Waals surface area contributed by atoms with Gasteiger partial charge in [0.15, 0.2) is 0 Å². The van der Waals surface area contributed by atoms with E-state index in [2.05, 4.69) is 0 Å². The van der Waals surface area contributed by atoms with E-state index in [1.54, 1.807) is 24.3 Å². The number of hydrogen-bond acceptors (Lipinski definition) is 5. The molecular formula is C14H10ClNO5. The molecule has 0 aliphatic heterocycles. The molecule has 0 amide bonds. The molecule has 0 unspecified atom stereocenters. The van der Waals surface area contributed by atoms with E-state index in [4.69, 9.17) is 20.8 Å². The van der Waals surface area contributed by atoms with Crippen LogP contribution in [0.1, 0.15) is 11.3 Å². The van der Waals surface area contributed by atoms with Gasteiger partial charge >= 0.3 is 11.9 Å². The fourth-order valence-electron chi connectivity index (χ4n) is 1.46. The van der Waals surface area contributed by atoms with E-state index in [0.29, 0.717) is 5.02 Å². The van der Waals surface area contributed by atoms with Gasteiger partial charge in [0.25, 0.3) is 0 Å². The van der Waals surface area contributed by atoms with Crippen molar-refractivity contribution in [1.29, 1.82) is 0 Å². The highest BCUT2D eigenvalue weighted by atomic mass is 35.5. The topological polar surface area (TPSA) is 82.6 Å². The summed E-state index contributed by atoms with van der Waals surface area (Å²) in [6.45, 7) is 0.110. The van der Waals surface area contributed by atoms with Gasteiger partial charge in [0.05, 0.1) is 6.07 Å². The van der Waals surface area contributed by atoms with Gasteiger partial charge in [-0.1, -0.05) is 23.7 Å². The molecule has 7 heteroatoms. The molecule has 0 radical (unpaired) electrons. The Balaban J connectivity index is 1.87. The lowest BCUT2D eigenvalue weighted by molar-refractivity contribution is -0.402. The monoisotopic (exact) mass is 307 g/mol. The number of furan rings is 1. The molecule has 0 spiro atoms. The van der Waals surface area contributed by atoms with E-state index in [-0.39, 0.29) is 18.3 Å². The largest absolute Gasteiger partial charge is 0.458 e. The summed E-state index contributed by atoms with van der Waals surface area (Å²) in [7, 11) is 0. The summed E-state index contributed by atoms with van der Waals surface area (Å²) < 4.78 is 9.86. The normalized spacial score (nSPS) is 10.7. The molecule has 0 saturated carbocycles. The smallest absolute Gasteiger partial charge is 0.433 e. The van der Waals surface area contributed by atoms with Crippen molar-refractivity contribution in [3.05, 3.63) is 68.9 Å². The first-order valence-electron chi connectivity index (χ1n) is 5.88. The first-order valence-corrected chi connectivity index (χ1v) is 6.26. The minimum atomic E-state index is -0.657. The van der Waals surface area contributed by atoms with Crippen molar-refractivity contribution in [3.8, 4) is 0 Å². The number of rotatable bonds is 5. The van der Waals surface area contributed by atoms with Crippen LogP contribution < -0.4 is 0 Å². The molecule has 21 heavy (non-hydrogen) atoms. The molecule has 0 aliphatic rings. The molecule has 0 saturated heterocycles. The highest BCUT2D eigenvalue weighted by molar-refractivity contribution is 6.30. The second-order valence-corrected chi connectivity index (χ2v) is 4.44. The van der Waals surface area contributed by atoms with Crippen LogP contribution in [0.15, 0.2) is 46.9 Å². The van der Waals surface area contributed by atoms with E-state index in [9.17, 15) is 14.9 Å². The summed E-state index contributed by atoms with van der Waals surface area (Å²) in [6.07, 6.45) is 2.44. The van der Waals surface area contributed by atoms with E-state index < -0.39 is 10.9 Å². The number of benzene rings is 1. The molecule has 1 aromatic carbocycles. The lowest BCUT2D eigenvalue weighted by atomic mass is 10.2. The Hall–Kier alpha value is -2.60. The molecule has 0 N–H and O–H groups in total. The maximum atomic E-state index is 11.5. The molecular weight excluding hydrogens is 298 g/mol. The molecule has 2 rings (SSSR count). The Morgan fingerprint density at radius 3 is 2.62 bits per heavy atom. The van der Waals surface area contributed by atoms with Crippen molar-refractivity contribution in [3.63, 3.8) is 0 Å². The second kappa shape index (κ2) is 6.71. The molecule has 0 fully saturated rings. The zero-order chi connectivity index (χ0) is 15.2. The zero-order valence-corrected chi connectivity index (χ0v) is 11.4. The van der Waals surface area contributed by atoms with Gasteiger partial charge in [0, 0.05) is 11.1 Å². The fourth-order valence-corrected chi connectivity index (χ4v) is 1.59. The van der Waals surface area contributed by atoms with E-state index >= 15 is 0 Å².